The van der Waals surface area contributed by atoms with Crippen LogP contribution in [0.2, 0.25) is 0 Å². The molecule has 0 aromatic carbocycles. The van der Waals surface area contributed by atoms with E-state index >= 15 is 0 Å². The average molecular weight is 1080 g/mol. The molecule has 6 heterocycles. The Morgan fingerprint density at radius 3 is 1.80 bits per heavy atom. The summed E-state index contributed by atoms with van der Waals surface area (Å²) in [4.78, 5) is 0. The molecule has 24 heteroatoms. The standard InChI is InChI=1S/C51H82O24/c1-20-32(56)35(59)38(62)44(67-20)74-43-40(64)41(72-47-42(37(61)34(58)29(17-54)70-47)73-45-39(63)36(60)33(57)28(16-53)69-45)30(18-55)71-46(43)68-24-8-10-48(3)23(13-24)5-6-25-26(48)9-11-49(4)27(25)14-31-51(49,65)21(2)50(75-31)12-7-22(15-52)19-66-50/h5,20-22,24-47,52-65H,6-19H2,1-4H3/t20-,21+,22-,24-,25+,26-,27-,28+,29+,30+,31-,32-,33+,34+,35+,36-,37-,38+,39+,40-,41+,42+,43+,44-,45-,46+,47-,48-,49-,50+,51+/m0/s1. The van der Waals surface area contributed by atoms with Gasteiger partial charge in [-0.25, -0.2) is 0 Å². The van der Waals surface area contributed by atoms with Crippen molar-refractivity contribution in [3.05, 3.63) is 11.6 Å². The summed E-state index contributed by atoms with van der Waals surface area (Å²) >= 11 is 0. The molecule has 4 aliphatic carbocycles. The van der Waals surface area contributed by atoms with Crippen LogP contribution in [0.4, 0.5) is 0 Å². The highest BCUT2D eigenvalue weighted by molar-refractivity contribution is 5.29. The molecule has 24 nitrogen and oxygen atoms in total. The van der Waals surface area contributed by atoms with Crippen molar-refractivity contribution < 1.29 is 119 Å². The first-order chi connectivity index (χ1) is 35.6. The summed E-state index contributed by atoms with van der Waals surface area (Å²) in [6, 6.07) is 0. The normalized spacial score (nSPS) is 56.9. The Balaban J connectivity index is 0.875. The van der Waals surface area contributed by atoms with Crippen LogP contribution in [0, 0.1) is 40.4 Å². The van der Waals surface area contributed by atoms with Crippen LogP contribution in [-0.4, -0.2) is 251 Å². The molecule has 1 spiro atoms. The molecule has 0 bridgehead atoms. The monoisotopic (exact) mass is 1080 g/mol. The fourth-order valence-corrected chi connectivity index (χ4v) is 15.5. The molecule has 0 radical (unpaired) electrons. The summed E-state index contributed by atoms with van der Waals surface area (Å²) in [5, 5.41) is 152. The molecule has 0 unspecified atom stereocenters. The van der Waals surface area contributed by atoms with E-state index in [0.29, 0.717) is 31.8 Å². The molecule has 0 amide bonds. The van der Waals surface area contributed by atoms with Gasteiger partial charge >= 0.3 is 0 Å². The molecule has 3 saturated carbocycles. The third-order valence-corrected chi connectivity index (χ3v) is 20.2. The number of allylic oxidation sites excluding steroid dienone is 1. The lowest BCUT2D eigenvalue weighted by Gasteiger charge is -2.60. The quantitative estimate of drug-likeness (QED) is 0.0832. The van der Waals surface area contributed by atoms with Crippen LogP contribution in [0.3, 0.4) is 0 Å². The van der Waals surface area contributed by atoms with Crippen LogP contribution in [0.15, 0.2) is 11.6 Å². The van der Waals surface area contributed by atoms with Gasteiger partial charge in [0.1, 0.15) is 97.2 Å². The molecule has 10 aliphatic rings. The van der Waals surface area contributed by atoms with Crippen LogP contribution >= 0.6 is 0 Å². The Hall–Kier alpha value is -1.22. The minimum atomic E-state index is -1.97. The van der Waals surface area contributed by atoms with Gasteiger partial charge < -0.3 is 119 Å². The highest BCUT2D eigenvalue weighted by Gasteiger charge is 2.76. The van der Waals surface area contributed by atoms with Gasteiger partial charge in [0.05, 0.1) is 44.7 Å². The molecule has 14 N–H and O–H groups in total. The van der Waals surface area contributed by atoms with Crippen molar-refractivity contribution in [2.24, 2.45) is 40.4 Å². The summed E-state index contributed by atoms with van der Waals surface area (Å²) in [5.74, 6) is -0.305. The van der Waals surface area contributed by atoms with Crippen molar-refractivity contribution >= 4 is 0 Å². The van der Waals surface area contributed by atoms with Crippen molar-refractivity contribution in [2.75, 3.05) is 33.0 Å². The van der Waals surface area contributed by atoms with E-state index in [4.69, 9.17) is 47.4 Å². The highest BCUT2D eigenvalue weighted by atomic mass is 16.8. The van der Waals surface area contributed by atoms with Crippen molar-refractivity contribution in [2.45, 2.75) is 232 Å². The minimum absolute atomic E-state index is 0.0534. The Bertz CT molecular complexity index is 1990. The maximum absolute atomic E-state index is 12.9. The number of ether oxygens (including phenoxy) is 10. The molecule has 9 fully saturated rings. The van der Waals surface area contributed by atoms with Crippen molar-refractivity contribution in [1.29, 1.82) is 0 Å². The summed E-state index contributed by atoms with van der Waals surface area (Å²) in [7, 11) is 0. The topological polar surface area (TPSA) is 376 Å². The smallest absolute Gasteiger partial charge is 0.187 e. The number of hydrogen-bond donors (Lipinski definition) is 14. The molecule has 6 aliphatic heterocycles. The number of rotatable bonds is 12. The van der Waals surface area contributed by atoms with E-state index in [0.717, 1.165) is 38.5 Å². The second-order valence-electron chi connectivity index (χ2n) is 23.9. The Morgan fingerprint density at radius 1 is 0.573 bits per heavy atom. The molecule has 75 heavy (non-hydrogen) atoms. The number of aliphatic hydroxyl groups is 14. The van der Waals surface area contributed by atoms with E-state index in [-0.39, 0.29) is 41.8 Å². The fraction of sp³-hybridized carbons (Fsp3) is 0.961. The van der Waals surface area contributed by atoms with Crippen LogP contribution in [0.25, 0.3) is 0 Å². The predicted molar refractivity (Wildman–Crippen MR) is 250 cm³/mol. The molecule has 10 rings (SSSR count). The molecule has 0 aromatic heterocycles. The van der Waals surface area contributed by atoms with Gasteiger partial charge in [0.2, 0.25) is 0 Å². The lowest BCUT2D eigenvalue weighted by atomic mass is 9.46. The van der Waals surface area contributed by atoms with Gasteiger partial charge in [-0.05, 0) is 81.5 Å². The molecular weight excluding hydrogens is 997 g/mol. The first-order valence-corrected chi connectivity index (χ1v) is 27.1. The van der Waals surface area contributed by atoms with E-state index in [1.807, 2.05) is 0 Å². The van der Waals surface area contributed by atoms with Gasteiger partial charge in [0, 0.05) is 30.3 Å². The largest absolute Gasteiger partial charge is 0.396 e. The van der Waals surface area contributed by atoms with Gasteiger partial charge in [0.25, 0.3) is 0 Å². The lowest BCUT2D eigenvalue weighted by Crippen LogP contribution is -2.68. The Labute approximate surface area is 434 Å². The highest BCUT2D eigenvalue weighted by Crippen LogP contribution is 2.72. The van der Waals surface area contributed by atoms with Crippen LogP contribution < -0.4 is 0 Å². The summed E-state index contributed by atoms with van der Waals surface area (Å²) < 4.78 is 61.7. The first kappa shape index (κ1) is 57.0. The van der Waals surface area contributed by atoms with E-state index in [9.17, 15) is 71.5 Å². The van der Waals surface area contributed by atoms with Gasteiger partial charge in [-0.1, -0.05) is 32.4 Å². The van der Waals surface area contributed by atoms with Crippen LogP contribution in [-0.2, 0) is 47.4 Å². The maximum atomic E-state index is 12.9. The van der Waals surface area contributed by atoms with Crippen molar-refractivity contribution in [3.63, 3.8) is 0 Å². The van der Waals surface area contributed by atoms with Gasteiger partial charge in [-0.15, -0.1) is 0 Å². The van der Waals surface area contributed by atoms with Gasteiger partial charge in [-0.2, -0.15) is 0 Å². The third-order valence-electron chi connectivity index (χ3n) is 20.2. The van der Waals surface area contributed by atoms with E-state index in [1.54, 1.807) is 0 Å². The van der Waals surface area contributed by atoms with Crippen molar-refractivity contribution in [3.8, 4) is 0 Å². The minimum Gasteiger partial charge on any atom is -0.396 e. The van der Waals surface area contributed by atoms with E-state index < -0.39 is 166 Å². The summed E-state index contributed by atoms with van der Waals surface area (Å²) in [6.45, 7) is 6.00. The third kappa shape index (κ3) is 9.32. The summed E-state index contributed by atoms with van der Waals surface area (Å²) in [5.41, 5.74) is -0.517. The molecular formula is C51H82O24. The predicted octanol–water partition coefficient (Wildman–Crippen LogP) is -3.87. The second kappa shape index (κ2) is 21.6. The fourth-order valence-electron chi connectivity index (χ4n) is 15.5. The first-order valence-electron chi connectivity index (χ1n) is 27.1. The van der Waals surface area contributed by atoms with Crippen molar-refractivity contribution in [1.82, 2.24) is 0 Å². The number of fused-ring (bicyclic) bond motifs is 7. The molecule has 6 saturated heterocycles. The average Bonchev–Trinajstić information content (AvgIpc) is 3.86. The lowest BCUT2D eigenvalue weighted by molar-refractivity contribution is -0.401. The van der Waals surface area contributed by atoms with E-state index in [1.165, 1.54) is 12.5 Å². The van der Waals surface area contributed by atoms with Crippen LogP contribution in [0.1, 0.15) is 85.5 Å². The zero-order valence-electron chi connectivity index (χ0n) is 42.9. The molecule has 31 atom stereocenters. The molecule has 0 aromatic rings. The van der Waals surface area contributed by atoms with Gasteiger partial charge in [-0.3, -0.25) is 0 Å². The Kier molecular flexibility index (Phi) is 16.4. The van der Waals surface area contributed by atoms with Gasteiger partial charge in [0.15, 0.2) is 30.9 Å². The maximum Gasteiger partial charge on any atom is 0.187 e. The van der Waals surface area contributed by atoms with E-state index in [2.05, 4.69) is 26.8 Å². The number of aliphatic hydroxyl groups excluding tert-OH is 13. The second-order valence-corrected chi connectivity index (χ2v) is 23.9. The molecule has 430 valence electrons. The van der Waals surface area contributed by atoms with Crippen LogP contribution in [0.5, 0.6) is 0 Å². The summed E-state index contributed by atoms with van der Waals surface area (Å²) in [6.07, 6.45) is -26.4. The zero-order valence-corrected chi connectivity index (χ0v) is 42.9. The number of hydrogen-bond acceptors (Lipinski definition) is 24. The SMILES string of the molecule is C[C@@H]1O[C@@H](O[C@H]2[C@H](O[C@H]3CC[C@@]4(C)C(=CC[C@@H]5[C@@H]4CC[C@@]4(C)[C@H]5C[C@@H]5O[C@]6(CC[C@@H](CO)CO6)[C@@H](C)[C@@]54O)C3)O[C@H](CO)[C@@H](O[C@@H]3O[C@H](CO)[C@@H](O)[C@H](O)[C@H]3O[C@@H]3O[C@H](CO)[C@@H](O)[C@H](O)[C@H]3O)[C@@H]2O)[C@H](O)[C@H](O)[C@H]1O. The Morgan fingerprint density at radius 2 is 1.16 bits per heavy atom. The zero-order chi connectivity index (χ0) is 53.8.